The van der Waals surface area contributed by atoms with Crippen LogP contribution in [0.3, 0.4) is 0 Å². The molecule has 1 aliphatic carbocycles. The highest BCUT2D eigenvalue weighted by Gasteiger charge is 2.20. The predicted molar refractivity (Wildman–Crippen MR) is 74.8 cm³/mol. The van der Waals surface area contributed by atoms with Gasteiger partial charge in [-0.2, -0.15) is 8.42 Å². The number of anilines is 1. The first kappa shape index (κ1) is 13.4. The van der Waals surface area contributed by atoms with Gasteiger partial charge in [-0.15, -0.1) is 10.2 Å². The molecular formula is C11H13N5O2S2. The number of nitrogens with one attached hydrogen (secondary N) is 2. The summed E-state index contributed by atoms with van der Waals surface area (Å²) in [5.74, 6) is 0. The second kappa shape index (κ2) is 5.43. The van der Waals surface area contributed by atoms with E-state index in [0.29, 0.717) is 12.6 Å². The molecule has 2 aromatic rings. The number of aromatic nitrogens is 3. The number of hydrogen-bond acceptors (Lipinski definition) is 7. The first-order chi connectivity index (χ1) is 9.63. The molecule has 2 heterocycles. The fraction of sp³-hybridized carbons (Fsp3) is 0.364. The van der Waals surface area contributed by atoms with Crippen LogP contribution < -0.4 is 10.0 Å². The van der Waals surface area contributed by atoms with E-state index in [-0.39, 0.29) is 10.2 Å². The number of hydrogen-bond donors (Lipinski definition) is 2. The third-order valence-electron chi connectivity index (χ3n) is 2.83. The molecule has 0 radical (unpaired) electrons. The molecule has 0 amide bonds. The summed E-state index contributed by atoms with van der Waals surface area (Å²) in [5, 5.41) is 10.8. The third-order valence-corrected chi connectivity index (χ3v) is 4.82. The molecule has 0 saturated heterocycles. The molecule has 2 aromatic heterocycles. The lowest BCUT2D eigenvalue weighted by molar-refractivity contribution is 0.597. The summed E-state index contributed by atoms with van der Waals surface area (Å²) in [6.07, 6.45) is 4.00. The van der Waals surface area contributed by atoms with Crippen molar-refractivity contribution in [2.75, 3.05) is 4.72 Å². The Hall–Kier alpha value is -1.58. The summed E-state index contributed by atoms with van der Waals surface area (Å²) in [6, 6.07) is 3.86. The van der Waals surface area contributed by atoms with E-state index in [2.05, 4.69) is 25.2 Å². The van der Waals surface area contributed by atoms with Crippen molar-refractivity contribution in [2.45, 2.75) is 30.5 Å². The monoisotopic (exact) mass is 311 g/mol. The molecular weight excluding hydrogens is 298 g/mol. The Morgan fingerprint density at radius 1 is 1.35 bits per heavy atom. The van der Waals surface area contributed by atoms with Crippen LogP contribution in [0.1, 0.15) is 18.4 Å². The molecule has 3 rings (SSSR count). The zero-order valence-corrected chi connectivity index (χ0v) is 12.1. The van der Waals surface area contributed by atoms with Crippen molar-refractivity contribution in [1.82, 2.24) is 20.5 Å². The van der Waals surface area contributed by atoms with Gasteiger partial charge in [0.15, 0.2) is 5.03 Å². The average molecular weight is 311 g/mol. The van der Waals surface area contributed by atoms with Crippen LogP contribution in [-0.2, 0) is 16.6 Å². The maximum atomic E-state index is 12.0. The Bertz CT molecular complexity index is 665. The van der Waals surface area contributed by atoms with E-state index in [9.17, 15) is 8.42 Å². The van der Waals surface area contributed by atoms with Gasteiger partial charge in [-0.1, -0.05) is 17.4 Å². The van der Waals surface area contributed by atoms with E-state index >= 15 is 0 Å². The lowest BCUT2D eigenvalue weighted by Gasteiger charge is -2.06. The van der Waals surface area contributed by atoms with Crippen LogP contribution in [0, 0.1) is 0 Å². The molecule has 0 unspecified atom stereocenters. The van der Waals surface area contributed by atoms with Gasteiger partial charge in [-0.25, -0.2) is 4.98 Å². The molecule has 0 atom stereocenters. The van der Waals surface area contributed by atoms with Crippen LogP contribution in [0.25, 0.3) is 0 Å². The van der Waals surface area contributed by atoms with Gasteiger partial charge in [-0.3, -0.25) is 4.72 Å². The third kappa shape index (κ3) is 3.30. The van der Waals surface area contributed by atoms with Crippen molar-refractivity contribution in [3.63, 3.8) is 0 Å². The molecule has 9 heteroatoms. The summed E-state index contributed by atoms with van der Waals surface area (Å²) >= 11 is 1.12. The fourth-order valence-corrected chi connectivity index (χ4v) is 3.23. The highest BCUT2D eigenvalue weighted by molar-refractivity contribution is 7.92. The normalized spacial score (nSPS) is 15.2. The minimum atomic E-state index is -3.69. The van der Waals surface area contributed by atoms with E-state index in [0.717, 1.165) is 16.9 Å². The van der Waals surface area contributed by atoms with Gasteiger partial charge >= 0.3 is 0 Å². The largest absolute Gasteiger partial charge is 0.310 e. The fourth-order valence-electron chi connectivity index (χ4n) is 1.61. The van der Waals surface area contributed by atoms with Crippen LogP contribution in [0.5, 0.6) is 0 Å². The maximum absolute atomic E-state index is 12.0. The van der Waals surface area contributed by atoms with Crippen molar-refractivity contribution in [3.05, 3.63) is 29.4 Å². The number of sulfonamides is 1. The SMILES string of the molecule is O=S(=O)(Nc1nncs1)c1ccc(CNC2CC2)cn1. The Labute approximate surface area is 120 Å². The number of pyridine rings is 1. The zero-order chi connectivity index (χ0) is 14.0. The van der Waals surface area contributed by atoms with E-state index in [1.54, 1.807) is 12.3 Å². The van der Waals surface area contributed by atoms with Gasteiger partial charge in [0.05, 0.1) is 0 Å². The van der Waals surface area contributed by atoms with Gasteiger partial charge in [0, 0.05) is 18.8 Å². The smallest absolute Gasteiger partial charge is 0.281 e. The highest BCUT2D eigenvalue weighted by atomic mass is 32.2. The second-order valence-electron chi connectivity index (χ2n) is 4.51. The molecule has 20 heavy (non-hydrogen) atoms. The van der Waals surface area contributed by atoms with Gasteiger partial charge in [0.1, 0.15) is 5.51 Å². The molecule has 1 saturated carbocycles. The Morgan fingerprint density at radius 2 is 2.20 bits per heavy atom. The van der Waals surface area contributed by atoms with Crippen molar-refractivity contribution in [1.29, 1.82) is 0 Å². The van der Waals surface area contributed by atoms with E-state index in [1.807, 2.05) is 0 Å². The molecule has 1 aliphatic rings. The van der Waals surface area contributed by atoms with Gasteiger partial charge in [-0.05, 0) is 24.5 Å². The summed E-state index contributed by atoms with van der Waals surface area (Å²) < 4.78 is 26.4. The molecule has 2 N–H and O–H groups in total. The van der Waals surface area contributed by atoms with E-state index in [4.69, 9.17) is 0 Å². The quantitative estimate of drug-likeness (QED) is 0.825. The Balaban J connectivity index is 1.69. The summed E-state index contributed by atoms with van der Waals surface area (Å²) in [5.41, 5.74) is 2.42. The molecule has 0 aromatic carbocycles. The molecule has 106 valence electrons. The summed E-state index contributed by atoms with van der Waals surface area (Å²) in [4.78, 5) is 4.00. The Morgan fingerprint density at radius 3 is 2.80 bits per heavy atom. The van der Waals surface area contributed by atoms with Crippen molar-refractivity contribution in [3.8, 4) is 0 Å². The number of nitrogens with zero attached hydrogens (tertiary/aromatic N) is 3. The molecule has 0 bridgehead atoms. The minimum absolute atomic E-state index is 0.0251. The van der Waals surface area contributed by atoms with Crippen LogP contribution in [-0.4, -0.2) is 29.6 Å². The van der Waals surface area contributed by atoms with E-state index in [1.165, 1.54) is 24.4 Å². The lowest BCUT2D eigenvalue weighted by atomic mass is 10.3. The highest BCUT2D eigenvalue weighted by Crippen LogP contribution is 2.19. The number of rotatable bonds is 6. The lowest BCUT2D eigenvalue weighted by Crippen LogP contribution is -2.17. The van der Waals surface area contributed by atoms with Crippen molar-refractivity contribution in [2.24, 2.45) is 0 Å². The Kier molecular flexibility index (Phi) is 3.64. The van der Waals surface area contributed by atoms with Gasteiger partial charge in [0.25, 0.3) is 10.0 Å². The summed E-state index contributed by atoms with van der Waals surface area (Å²) in [6.45, 7) is 0.710. The average Bonchev–Trinajstić information content (AvgIpc) is 3.14. The van der Waals surface area contributed by atoms with Crippen LogP contribution in [0.2, 0.25) is 0 Å². The molecule has 0 aliphatic heterocycles. The van der Waals surface area contributed by atoms with Crippen LogP contribution in [0.15, 0.2) is 28.9 Å². The molecule has 0 spiro atoms. The maximum Gasteiger partial charge on any atom is 0.281 e. The van der Waals surface area contributed by atoms with Crippen molar-refractivity contribution < 1.29 is 8.42 Å². The van der Waals surface area contributed by atoms with Crippen LogP contribution in [0.4, 0.5) is 5.13 Å². The first-order valence-electron chi connectivity index (χ1n) is 6.11. The predicted octanol–water partition coefficient (Wildman–Crippen LogP) is 0.986. The zero-order valence-electron chi connectivity index (χ0n) is 10.5. The second-order valence-corrected chi connectivity index (χ2v) is 6.97. The topological polar surface area (TPSA) is 96.9 Å². The van der Waals surface area contributed by atoms with Gasteiger partial charge < -0.3 is 5.32 Å². The molecule has 7 nitrogen and oxygen atoms in total. The van der Waals surface area contributed by atoms with Crippen LogP contribution >= 0.6 is 11.3 Å². The molecule has 1 fully saturated rings. The standard InChI is InChI=1S/C11H13N5O2S2/c17-20(18,16-11-15-14-7-19-11)10-4-1-8(6-13-10)5-12-9-2-3-9/h1,4,6-7,9,12H,2-3,5H2,(H,15,16). The van der Waals surface area contributed by atoms with E-state index < -0.39 is 10.0 Å². The van der Waals surface area contributed by atoms with Crippen molar-refractivity contribution >= 4 is 26.5 Å². The first-order valence-corrected chi connectivity index (χ1v) is 8.47. The van der Waals surface area contributed by atoms with Gasteiger partial charge in [0.2, 0.25) is 5.13 Å². The summed E-state index contributed by atoms with van der Waals surface area (Å²) in [7, 11) is -3.69. The minimum Gasteiger partial charge on any atom is -0.310 e.